The number of carbonyl (C=O) groups is 2. The van der Waals surface area contributed by atoms with E-state index < -0.39 is 17.5 Å². The summed E-state index contributed by atoms with van der Waals surface area (Å²) in [5.74, 6) is 0.243. The van der Waals surface area contributed by atoms with E-state index in [1.54, 1.807) is 36.4 Å². The van der Waals surface area contributed by atoms with Gasteiger partial charge in [-0.15, -0.1) is 0 Å². The molecule has 0 aliphatic heterocycles. The zero-order valence-corrected chi connectivity index (χ0v) is 18.2. The summed E-state index contributed by atoms with van der Waals surface area (Å²) >= 11 is 6.23. The first-order valence-electron chi connectivity index (χ1n) is 9.07. The molecule has 1 amide bonds. The van der Waals surface area contributed by atoms with Crippen LogP contribution < -0.4 is 14.8 Å². The second kappa shape index (κ2) is 9.18. The number of halogens is 1. The highest BCUT2D eigenvalue weighted by molar-refractivity contribution is 6.30. The van der Waals surface area contributed by atoms with E-state index >= 15 is 0 Å². The lowest BCUT2D eigenvalue weighted by Crippen LogP contribution is -2.28. The molecule has 0 aliphatic rings. The first-order valence-corrected chi connectivity index (χ1v) is 9.45. The number of methoxy groups -OCH3 is 2. The predicted molar refractivity (Wildman–Crippen MR) is 113 cm³/mol. The monoisotopic (exact) mass is 419 g/mol. The molecule has 0 bridgehead atoms. The maximum atomic E-state index is 12.6. The van der Waals surface area contributed by atoms with E-state index in [1.165, 1.54) is 21.1 Å². The van der Waals surface area contributed by atoms with Crippen molar-refractivity contribution < 1.29 is 23.8 Å². The molecule has 2 rings (SSSR count). The van der Waals surface area contributed by atoms with Crippen molar-refractivity contribution in [1.29, 1.82) is 0 Å². The van der Waals surface area contributed by atoms with Crippen molar-refractivity contribution in [3.8, 4) is 11.5 Å². The van der Waals surface area contributed by atoms with Gasteiger partial charge in [0, 0.05) is 34.2 Å². The van der Waals surface area contributed by atoms with Crippen LogP contribution in [-0.2, 0) is 14.3 Å². The van der Waals surface area contributed by atoms with E-state index in [9.17, 15) is 9.59 Å². The standard InChI is InChI=1S/C22H26ClNO5/c1-13(25)29-19(15-8-7-9-18(27-5)20(15)28-6)16-12-14(23)10-11-17(16)24-21(26)22(2,3)4/h7-12,19H,1-6H3,(H,24,26)/t19-/m0/s1. The zero-order valence-electron chi connectivity index (χ0n) is 17.5. The summed E-state index contributed by atoms with van der Waals surface area (Å²) in [6.07, 6.45) is -0.869. The lowest BCUT2D eigenvalue weighted by Gasteiger charge is -2.25. The summed E-state index contributed by atoms with van der Waals surface area (Å²) < 4.78 is 16.5. The minimum atomic E-state index is -0.869. The molecule has 0 saturated heterocycles. The number of hydrogen-bond acceptors (Lipinski definition) is 5. The molecule has 0 radical (unpaired) electrons. The van der Waals surface area contributed by atoms with Crippen molar-refractivity contribution in [2.24, 2.45) is 5.41 Å². The molecule has 0 aromatic heterocycles. The van der Waals surface area contributed by atoms with Crippen molar-refractivity contribution >= 4 is 29.2 Å². The van der Waals surface area contributed by atoms with Gasteiger partial charge in [-0.3, -0.25) is 9.59 Å². The van der Waals surface area contributed by atoms with E-state index in [2.05, 4.69) is 5.32 Å². The van der Waals surface area contributed by atoms with Gasteiger partial charge in [0.1, 0.15) is 0 Å². The Morgan fingerprint density at radius 3 is 2.28 bits per heavy atom. The highest BCUT2D eigenvalue weighted by Gasteiger charge is 2.28. The number of benzene rings is 2. The summed E-state index contributed by atoms with van der Waals surface area (Å²) in [5.41, 5.74) is 0.972. The van der Waals surface area contributed by atoms with Crippen LogP contribution in [-0.4, -0.2) is 26.1 Å². The van der Waals surface area contributed by atoms with Crippen LogP contribution in [0.25, 0.3) is 0 Å². The largest absolute Gasteiger partial charge is 0.493 e. The Balaban J connectivity index is 2.67. The fourth-order valence-corrected chi connectivity index (χ4v) is 2.93. The molecular weight excluding hydrogens is 394 g/mol. The molecule has 1 atom stereocenters. The summed E-state index contributed by atoms with van der Waals surface area (Å²) in [6.45, 7) is 6.75. The fraction of sp³-hybridized carbons (Fsp3) is 0.364. The van der Waals surface area contributed by atoms with Crippen LogP contribution in [0, 0.1) is 5.41 Å². The van der Waals surface area contributed by atoms with Gasteiger partial charge in [0.2, 0.25) is 5.91 Å². The molecule has 0 heterocycles. The van der Waals surface area contributed by atoms with Crippen LogP contribution in [0.2, 0.25) is 5.02 Å². The molecule has 29 heavy (non-hydrogen) atoms. The highest BCUT2D eigenvalue weighted by atomic mass is 35.5. The first kappa shape index (κ1) is 22.6. The maximum absolute atomic E-state index is 12.6. The Kier molecular flexibility index (Phi) is 7.14. The molecule has 2 aromatic rings. The average Bonchev–Trinajstić information content (AvgIpc) is 2.65. The lowest BCUT2D eigenvalue weighted by atomic mass is 9.94. The van der Waals surface area contributed by atoms with Gasteiger partial charge >= 0.3 is 5.97 Å². The molecular formula is C22H26ClNO5. The number of anilines is 1. The van der Waals surface area contributed by atoms with Crippen LogP contribution in [0.15, 0.2) is 36.4 Å². The zero-order chi connectivity index (χ0) is 21.8. The van der Waals surface area contributed by atoms with Gasteiger partial charge in [0.25, 0.3) is 0 Å². The Bertz CT molecular complexity index is 905. The van der Waals surface area contributed by atoms with Gasteiger partial charge in [-0.1, -0.05) is 44.5 Å². The van der Waals surface area contributed by atoms with Crippen molar-refractivity contribution in [2.45, 2.75) is 33.8 Å². The topological polar surface area (TPSA) is 73.9 Å². The highest BCUT2D eigenvalue weighted by Crippen LogP contribution is 2.42. The smallest absolute Gasteiger partial charge is 0.303 e. The van der Waals surface area contributed by atoms with E-state index in [-0.39, 0.29) is 5.91 Å². The maximum Gasteiger partial charge on any atom is 0.303 e. The van der Waals surface area contributed by atoms with Crippen LogP contribution in [0.3, 0.4) is 0 Å². The Labute approximate surface area is 176 Å². The van der Waals surface area contributed by atoms with Gasteiger partial charge in [-0.25, -0.2) is 0 Å². The van der Waals surface area contributed by atoms with Crippen LogP contribution in [0.1, 0.15) is 44.9 Å². The summed E-state index contributed by atoms with van der Waals surface area (Å²) in [7, 11) is 3.03. The fourth-order valence-electron chi connectivity index (χ4n) is 2.75. The first-order chi connectivity index (χ1) is 13.6. The van der Waals surface area contributed by atoms with Gasteiger partial charge in [-0.05, 0) is 24.3 Å². The molecule has 0 spiro atoms. The average molecular weight is 420 g/mol. The van der Waals surface area contributed by atoms with Gasteiger partial charge in [0.05, 0.1) is 14.2 Å². The summed E-state index contributed by atoms with van der Waals surface area (Å²) in [5, 5.41) is 3.34. The molecule has 0 fully saturated rings. The Morgan fingerprint density at radius 2 is 1.72 bits per heavy atom. The minimum Gasteiger partial charge on any atom is -0.493 e. The number of rotatable bonds is 6. The van der Waals surface area contributed by atoms with Gasteiger partial charge in [0.15, 0.2) is 17.6 Å². The molecule has 6 nitrogen and oxygen atoms in total. The third-order valence-corrected chi connectivity index (χ3v) is 4.46. The Hall–Kier alpha value is -2.73. The number of ether oxygens (including phenoxy) is 3. The predicted octanol–water partition coefficient (Wildman–Crippen LogP) is 4.99. The quantitative estimate of drug-likeness (QED) is 0.667. The van der Waals surface area contributed by atoms with Crippen molar-refractivity contribution in [3.63, 3.8) is 0 Å². The number of amides is 1. The number of nitrogens with one attached hydrogen (secondary N) is 1. The lowest BCUT2D eigenvalue weighted by molar-refractivity contribution is -0.144. The van der Waals surface area contributed by atoms with E-state index in [1.807, 2.05) is 20.8 Å². The van der Waals surface area contributed by atoms with Crippen LogP contribution >= 0.6 is 11.6 Å². The SMILES string of the molecule is COc1cccc([C@H](OC(C)=O)c2cc(Cl)ccc2NC(=O)C(C)(C)C)c1OC. The van der Waals surface area contributed by atoms with E-state index in [0.29, 0.717) is 33.3 Å². The third-order valence-electron chi connectivity index (χ3n) is 4.23. The number of esters is 1. The van der Waals surface area contributed by atoms with Crippen molar-refractivity contribution in [3.05, 3.63) is 52.5 Å². The van der Waals surface area contributed by atoms with E-state index in [4.69, 9.17) is 25.8 Å². The molecule has 0 aliphatic carbocycles. The minimum absolute atomic E-state index is 0.180. The van der Waals surface area contributed by atoms with Crippen molar-refractivity contribution in [1.82, 2.24) is 0 Å². The normalized spacial score (nSPS) is 12.1. The van der Waals surface area contributed by atoms with E-state index in [0.717, 1.165) is 0 Å². The molecule has 156 valence electrons. The van der Waals surface area contributed by atoms with Crippen LogP contribution in [0.5, 0.6) is 11.5 Å². The van der Waals surface area contributed by atoms with Gasteiger partial charge < -0.3 is 19.5 Å². The second-order valence-corrected chi connectivity index (χ2v) is 7.94. The second-order valence-electron chi connectivity index (χ2n) is 7.51. The van der Waals surface area contributed by atoms with Crippen LogP contribution in [0.4, 0.5) is 5.69 Å². The van der Waals surface area contributed by atoms with Gasteiger partial charge in [-0.2, -0.15) is 0 Å². The number of para-hydroxylation sites is 1. The molecule has 2 aromatic carbocycles. The number of hydrogen-bond donors (Lipinski definition) is 1. The molecule has 0 unspecified atom stereocenters. The molecule has 1 N–H and O–H groups in total. The third kappa shape index (κ3) is 5.41. The molecule has 0 saturated carbocycles. The number of carbonyl (C=O) groups excluding carboxylic acids is 2. The Morgan fingerprint density at radius 1 is 1.03 bits per heavy atom. The summed E-state index contributed by atoms with van der Waals surface area (Å²) in [4.78, 5) is 24.5. The van der Waals surface area contributed by atoms with Crippen molar-refractivity contribution in [2.75, 3.05) is 19.5 Å². The molecule has 7 heteroatoms. The summed E-state index contributed by atoms with van der Waals surface area (Å²) in [6, 6.07) is 10.3.